The van der Waals surface area contributed by atoms with Gasteiger partial charge < -0.3 is 0 Å². The summed E-state index contributed by atoms with van der Waals surface area (Å²) in [5, 5.41) is 15.0. The zero-order valence-corrected chi connectivity index (χ0v) is 10.8. The molecule has 102 valence electrons. The Labute approximate surface area is 118 Å². The molecular formula is C15H10FN5. The minimum absolute atomic E-state index is 0.263. The van der Waals surface area contributed by atoms with Crippen molar-refractivity contribution >= 4 is 10.9 Å². The highest BCUT2D eigenvalue weighted by Gasteiger charge is 2.10. The van der Waals surface area contributed by atoms with Crippen molar-refractivity contribution in [2.24, 2.45) is 0 Å². The van der Waals surface area contributed by atoms with Crippen LogP contribution in [0.15, 0.2) is 48.8 Å². The second-order valence-corrected chi connectivity index (χ2v) is 4.67. The van der Waals surface area contributed by atoms with Gasteiger partial charge in [-0.25, -0.2) is 9.37 Å². The van der Waals surface area contributed by atoms with Gasteiger partial charge in [0.05, 0.1) is 11.2 Å². The van der Waals surface area contributed by atoms with E-state index in [1.807, 2.05) is 18.2 Å². The molecule has 2 heterocycles. The van der Waals surface area contributed by atoms with E-state index in [1.165, 1.54) is 18.5 Å². The van der Waals surface area contributed by atoms with Gasteiger partial charge in [-0.2, -0.15) is 10.2 Å². The molecule has 0 unspecified atom stereocenters. The number of H-pyrrole nitrogens is 2. The molecule has 0 radical (unpaired) electrons. The van der Waals surface area contributed by atoms with E-state index in [4.69, 9.17) is 0 Å². The van der Waals surface area contributed by atoms with E-state index >= 15 is 0 Å². The quantitative estimate of drug-likeness (QED) is 0.592. The lowest BCUT2D eigenvalue weighted by molar-refractivity contribution is 0.628. The van der Waals surface area contributed by atoms with Gasteiger partial charge in [-0.05, 0) is 42.5 Å². The zero-order chi connectivity index (χ0) is 14.2. The SMILES string of the molecule is Fc1ccc(-c2n[nH]c3ccc(-c4ncn[nH]4)cc23)cc1. The molecule has 6 heteroatoms. The lowest BCUT2D eigenvalue weighted by atomic mass is 10.1. The summed E-state index contributed by atoms with van der Waals surface area (Å²) in [7, 11) is 0. The van der Waals surface area contributed by atoms with Crippen molar-refractivity contribution in [2.75, 3.05) is 0 Å². The van der Waals surface area contributed by atoms with E-state index < -0.39 is 0 Å². The van der Waals surface area contributed by atoms with Gasteiger partial charge in [0.2, 0.25) is 0 Å². The van der Waals surface area contributed by atoms with Gasteiger partial charge in [0.1, 0.15) is 12.1 Å². The van der Waals surface area contributed by atoms with Crippen LogP contribution in [0.2, 0.25) is 0 Å². The van der Waals surface area contributed by atoms with Crippen molar-refractivity contribution < 1.29 is 4.39 Å². The lowest BCUT2D eigenvalue weighted by Gasteiger charge is -2.00. The van der Waals surface area contributed by atoms with Crippen LogP contribution >= 0.6 is 0 Å². The first kappa shape index (κ1) is 11.8. The van der Waals surface area contributed by atoms with Crippen molar-refractivity contribution in [3.8, 4) is 22.6 Å². The average molecular weight is 279 g/mol. The Kier molecular flexibility index (Phi) is 2.53. The first-order chi connectivity index (χ1) is 10.3. The molecule has 4 rings (SSSR count). The smallest absolute Gasteiger partial charge is 0.155 e. The highest BCUT2D eigenvalue weighted by atomic mass is 19.1. The summed E-state index contributed by atoms with van der Waals surface area (Å²) in [6, 6.07) is 12.1. The number of fused-ring (bicyclic) bond motifs is 1. The number of benzene rings is 2. The minimum Gasteiger partial charge on any atom is -0.277 e. The fourth-order valence-electron chi connectivity index (χ4n) is 2.33. The van der Waals surface area contributed by atoms with Crippen molar-refractivity contribution in [2.45, 2.75) is 0 Å². The molecular weight excluding hydrogens is 269 g/mol. The van der Waals surface area contributed by atoms with Crippen molar-refractivity contribution in [1.29, 1.82) is 0 Å². The summed E-state index contributed by atoms with van der Waals surface area (Å²) in [6.45, 7) is 0. The van der Waals surface area contributed by atoms with Gasteiger partial charge in [0.15, 0.2) is 5.82 Å². The van der Waals surface area contributed by atoms with Gasteiger partial charge in [-0.1, -0.05) is 0 Å². The maximum Gasteiger partial charge on any atom is 0.155 e. The summed E-state index contributed by atoms with van der Waals surface area (Å²) < 4.78 is 13.0. The maximum atomic E-state index is 13.0. The molecule has 0 aliphatic rings. The van der Waals surface area contributed by atoms with Crippen LogP contribution in [0.3, 0.4) is 0 Å². The maximum absolute atomic E-state index is 13.0. The predicted octanol–water partition coefficient (Wildman–Crippen LogP) is 3.15. The Morgan fingerprint density at radius 2 is 1.71 bits per heavy atom. The van der Waals surface area contributed by atoms with Crippen LogP contribution in [-0.2, 0) is 0 Å². The molecule has 0 saturated heterocycles. The van der Waals surface area contributed by atoms with Crippen molar-refractivity contribution in [3.05, 3.63) is 54.6 Å². The number of nitrogens with zero attached hydrogens (tertiary/aromatic N) is 3. The van der Waals surface area contributed by atoms with Crippen molar-refractivity contribution in [3.63, 3.8) is 0 Å². The normalized spacial score (nSPS) is 11.1. The van der Waals surface area contributed by atoms with E-state index in [2.05, 4.69) is 25.4 Å². The first-order valence-corrected chi connectivity index (χ1v) is 6.41. The Hall–Kier alpha value is -3.02. The predicted molar refractivity (Wildman–Crippen MR) is 76.9 cm³/mol. The summed E-state index contributed by atoms with van der Waals surface area (Å²) in [5.41, 5.74) is 3.48. The lowest BCUT2D eigenvalue weighted by Crippen LogP contribution is -1.82. The highest BCUT2D eigenvalue weighted by Crippen LogP contribution is 2.29. The van der Waals surface area contributed by atoms with Crippen LogP contribution in [-0.4, -0.2) is 25.4 Å². The standard InChI is InChI=1S/C15H10FN5/c16-11-4-1-9(2-5-11)14-12-7-10(15-17-8-18-21-15)3-6-13(12)19-20-14/h1-8H,(H,19,20)(H,17,18,21). The number of aromatic amines is 2. The van der Waals surface area contributed by atoms with Crippen LogP contribution in [0.1, 0.15) is 0 Å². The molecule has 0 spiro atoms. The fraction of sp³-hybridized carbons (Fsp3) is 0. The monoisotopic (exact) mass is 279 g/mol. The van der Waals surface area contributed by atoms with E-state index in [0.29, 0.717) is 5.82 Å². The summed E-state index contributed by atoms with van der Waals surface area (Å²) >= 11 is 0. The average Bonchev–Trinajstić information content (AvgIpc) is 3.17. The molecule has 0 aliphatic carbocycles. The third kappa shape index (κ3) is 1.97. The number of halogens is 1. The second-order valence-electron chi connectivity index (χ2n) is 4.67. The van der Waals surface area contributed by atoms with E-state index in [0.717, 1.165) is 27.7 Å². The number of rotatable bonds is 2. The van der Waals surface area contributed by atoms with Gasteiger partial charge in [0.25, 0.3) is 0 Å². The Bertz CT molecular complexity index is 894. The zero-order valence-electron chi connectivity index (χ0n) is 10.8. The Balaban J connectivity index is 1.90. The van der Waals surface area contributed by atoms with Gasteiger partial charge in [0, 0.05) is 16.5 Å². The third-order valence-electron chi connectivity index (χ3n) is 3.37. The van der Waals surface area contributed by atoms with Gasteiger partial charge in [-0.15, -0.1) is 0 Å². The number of aromatic nitrogens is 5. The van der Waals surface area contributed by atoms with Crippen LogP contribution in [0, 0.1) is 5.82 Å². The molecule has 21 heavy (non-hydrogen) atoms. The molecule has 0 aliphatic heterocycles. The molecule has 4 aromatic rings. The van der Waals surface area contributed by atoms with Gasteiger partial charge in [-0.3, -0.25) is 10.2 Å². The van der Waals surface area contributed by atoms with Crippen LogP contribution in [0.25, 0.3) is 33.5 Å². The molecule has 2 aromatic carbocycles. The van der Waals surface area contributed by atoms with Gasteiger partial charge >= 0.3 is 0 Å². The first-order valence-electron chi connectivity index (χ1n) is 6.41. The molecule has 2 aromatic heterocycles. The molecule has 2 N–H and O–H groups in total. The third-order valence-corrected chi connectivity index (χ3v) is 3.37. The molecule has 0 atom stereocenters. The summed E-state index contributed by atoms with van der Waals surface area (Å²) in [6.07, 6.45) is 1.47. The number of nitrogens with one attached hydrogen (secondary N) is 2. The second kappa shape index (κ2) is 4.52. The van der Waals surface area contributed by atoms with Crippen molar-refractivity contribution in [1.82, 2.24) is 25.4 Å². The summed E-state index contributed by atoms with van der Waals surface area (Å²) in [5.74, 6) is 0.434. The molecule has 0 amide bonds. The van der Waals surface area contributed by atoms with Crippen LogP contribution < -0.4 is 0 Å². The minimum atomic E-state index is -0.263. The molecule has 0 fully saturated rings. The van der Waals surface area contributed by atoms with Crippen LogP contribution in [0.5, 0.6) is 0 Å². The van der Waals surface area contributed by atoms with E-state index in [1.54, 1.807) is 12.1 Å². The number of hydrogen-bond acceptors (Lipinski definition) is 3. The Morgan fingerprint density at radius 1 is 0.905 bits per heavy atom. The molecule has 5 nitrogen and oxygen atoms in total. The topological polar surface area (TPSA) is 70.2 Å². The van der Waals surface area contributed by atoms with Crippen LogP contribution in [0.4, 0.5) is 4.39 Å². The molecule has 0 saturated carbocycles. The highest BCUT2D eigenvalue weighted by molar-refractivity contribution is 5.95. The largest absolute Gasteiger partial charge is 0.277 e. The molecule has 0 bridgehead atoms. The van der Waals surface area contributed by atoms with E-state index in [9.17, 15) is 4.39 Å². The fourth-order valence-corrected chi connectivity index (χ4v) is 2.33. The summed E-state index contributed by atoms with van der Waals surface area (Å²) in [4.78, 5) is 4.14. The number of hydrogen-bond donors (Lipinski definition) is 2. The Morgan fingerprint density at radius 3 is 2.48 bits per heavy atom. The van der Waals surface area contributed by atoms with E-state index in [-0.39, 0.29) is 5.82 Å².